The topological polar surface area (TPSA) is 107 Å². The molecule has 0 radical (unpaired) electrons. The monoisotopic (exact) mass is 348 g/mol. The van der Waals surface area contributed by atoms with Crippen LogP contribution in [0.25, 0.3) is 6.08 Å². The van der Waals surface area contributed by atoms with E-state index in [0.717, 1.165) is 22.6 Å². The molecule has 0 aromatic carbocycles. The third-order valence-electron chi connectivity index (χ3n) is 4.42. The molecule has 0 atom stereocenters. The van der Waals surface area contributed by atoms with E-state index in [0.29, 0.717) is 13.0 Å². The smallest absolute Gasteiger partial charge is 0.359 e. The molecule has 26 heavy (non-hydrogen) atoms. The predicted molar refractivity (Wildman–Crippen MR) is 92.1 cm³/mol. The van der Waals surface area contributed by atoms with Crippen molar-refractivity contribution in [2.45, 2.75) is 18.8 Å². The second-order valence-electron chi connectivity index (χ2n) is 5.86. The molecule has 0 unspecified atom stereocenters. The summed E-state index contributed by atoms with van der Waals surface area (Å²) in [5.41, 5.74) is 2.87. The number of nitrogens with zero attached hydrogens (tertiary/aromatic N) is 5. The highest BCUT2D eigenvalue weighted by Gasteiger charge is 2.39. The van der Waals surface area contributed by atoms with E-state index in [9.17, 15) is 4.79 Å². The maximum atomic E-state index is 12.1. The Bertz CT molecular complexity index is 913. The fraction of sp³-hybridized carbons (Fsp3) is 0.222. The van der Waals surface area contributed by atoms with E-state index in [2.05, 4.69) is 30.1 Å². The zero-order valence-electron chi connectivity index (χ0n) is 14.1. The van der Waals surface area contributed by atoms with Crippen LogP contribution in [0.1, 0.15) is 40.1 Å². The van der Waals surface area contributed by atoms with Gasteiger partial charge in [0, 0.05) is 30.1 Å². The van der Waals surface area contributed by atoms with Gasteiger partial charge >= 0.3 is 5.97 Å². The van der Waals surface area contributed by atoms with E-state index in [-0.39, 0.29) is 5.69 Å². The molecule has 8 nitrogen and oxygen atoms in total. The van der Waals surface area contributed by atoms with Crippen LogP contribution in [0.3, 0.4) is 0 Å². The largest absolute Gasteiger partial charge is 0.461 e. The van der Waals surface area contributed by atoms with Gasteiger partial charge in [0.1, 0.15) is 12.7 Å². The number of rotatable bonds is 4. The summed E-state index contributed by atoms with van der Waals surface area (Å²) in [5.74, 6) is -0.439. The van der Waals surface area contributed by atoms with Gasteiger partial charge < -0.3 is 4.74 Å². The molecule has 4 rings (SSSR count). The van der Waals surface area contributed by atoms with Crippen molar-refractivity contribution >= 4 is 12.0 Å². The zero-order chi connectivity index (χ0) is 18.0. The Kier molecular flexibility index (Phi) is 4.00. The molecule has 0 fully saturated rings. The molecule has 0 amide bonds. The zero-order valence-corrected chi connectivity index (χ0v) is 14.1. The molecule has 8 heteroatoms. The number of hydrogen-bond donors (Lipinski definition) is 1. The van der Waals surface area contributed by atoms with E-state index < -0.39 is 11.4 Å². The fourth-order valence-corrected chi connectivity index (χ4v) is 3.21. The van der Waals surface area contributed by atoms with Gasteiger partial charge in [0.05, 0.1) is 23.4 Å². The molecule has 0 spiro atoms. The van der Waals surface area contributed by atoms with Crippen LogP contribution in [0.5, 0.6) is 0 Å². The molecule has 1 aliphatic carbocycles. The molecule has 3 heterocycles. The predicted octanol–water partition coefficient (Wildman–Crippen LogP) is 1.72. The van der Waals surface area contributed by atoms with Gasteiger partial charge in [-0.25, -0.2) is 24.7 Å². The molecule has 0 bridgehead atoms. The summed E-state index contributed by atoms with van der Waals surface area (Å²) in [7, 11) is 0. The van der Waals surface area contributed by atoms with Crippen LogP contribution >= 0.6 is 0 Å². The Morgan fingerprint density at radius 2 is 1.88 bits per heavy atom. The van der Waals surface area contributed by atoms with Crippen molar-refractivity contribution in [2.24, 2.45) is 0 Å². The van der Waals surface area contributed by atoms with Gasteiger partial charge in [-0.2, -0.15) is 5.10 Å². The summed E-state index contributed by atoms with van der Waals surface area (Å²) in [4.78, 5) is 29.0. The number of H-pyrrole nitrogens is 1. The lowest BCUT2D eigenvalue weighted by atomic mass is 9.73. The first kappa shape index (κ1) is 16.1. The number of hydrogen-bond acceptors (Lipinski definition) is 7. The molecular formula is C18H16N6O2. The van der Waals surface area contributed by atoms with Gasteiger partial charge in [-0.15, -0.1) is 0 Å². The SMILES string of the molecule is CCOC(=O)c1n[nH]c2c1C=CC(c1ccncn1)(c1ccncn1)C2. The Morgan fingerprint density at radius 1 is 1.19 bits per heavy atom. The quantitative estimate of drug-likeness (QED) is 0.715. The number of aromatic nitrogens is 6. The number of nitrogens with one attached hydrogen (secondary N) is 1. The lowest BCUT2D eigenvalue weighted by Gasteiger charge is -2.31. The number of carbonyl (C=O) groups is 1. The summed E-state index contributed by atoms with van der Waals surface area (Å²) in [6.45, 7) is 2.07. The number of ether oxygens (including phenoxy) is 1. The molecule has 1 aliphatic rings. The van der Waals surface area contributed by atoms with Crippen molar-refractivity contribution in [2.75, 3.05) is 6.61 Å². The lowest BCUT2D eigenvalue weighted by molar-refractivity contribution is 0.0519. The molecule has 3 aromatic rings. The van der Waals surface area contributed by atoms with E-state index >= 15 is 0 Å². The fourth-order valence-electron chi connectivity index (χ4n) is 3.21. The van der Waals surface area contributed by atoms with Crippen LogP contribution in [0.15, 0.2) is 43.3 Å². The minimum atomic E-state index is -0.600. The van der Waals surface area contributed by atoms with Gasteiger partial charge in [0.25, 0.3) is 0 Å². The minimum Gasteiger partial charge on any atom is -0.461 e. The summed E-state index contributed by atoms with van der Waals surface area (Å²) in [5, 5.41) is 7.12. The van der Waals surface area contributed by atoms with Gasteiger partial charge in [0.2, 0.25) is 0 Å². The summed E-state index contributed by atoms with van der Waals surface area (Å²) in [6.07, 6.45) is 10.8. The first-order valence-corrected chi connectivity index (χ1v) is 8.21. The van der Waals surface area contributed by atoms with E-state index in [1.807, 2.05) is 24.3 Å². The maximum Gasteiger partial charge on any atom is 0.359 e. The molecule has 130 valence electrons. The summed E-state index contributed by atoms with van der Waals surface area (Å²) in [6, 6.07) is 3.72. The van der Waals surface area contributed by atoms with Crippen LogP contribution in [0, 0.1) is 0 Å². The maximum absolute atomic E-state index is 12.1. The lowest BCUT2D eigenvalue weighted by Crippen LogP contribution is -2.32. The molecule has 3 aromatic heterocycles. The minimum absolute atomic E-state index is 0.289. The first-order chi connectivity index (χ1) is 12.7. The Hall–Kier alpha value is -3.42. The third-order valence-corrected chi connectivity index (χ3v) is 4.42. The number of aromatic amines is 1. The Balaban J connectivity index is 1.83. The summed E-state index contributed by atoms with van der Waals surface area (Å²) < 4.78 is 5.08. The van der Waals surface area contributed by atoms with Crippen molar-refractivity contribution in [3.8, 4) is 0 Å². The van der Waals surface area contributed by atoms with Gasteiger partial charge in [0.15, 0.2) is 5.69 Å². The van der Waals surface area contributed by atoms with Crippen LogP contribution in [-0.4, -0.2) is 42.7 Å². The second-order valence-corrected chi connectivity index (χ2v) is 5.86. The van der Waals surface area contributed by atoms with E-state index in [1.54, 1.807) is 19.3 Å². The third kappa shape index (κ3) is 2.55. The highest BCUT2D eigenvalue weighted by Crippen LogP contribution is 2.39. The van der Waals surface area contributed by atoms with Crippen molar-refractivity contribution in [1.82, 2.24) is 30.1 Å². The average Bonchev–Trinajstić information content (AvgIpc) is 3.12. The second kappa shape index (κ2) is 6.47. The Labute approximate surface area is 149 Å². The normalized spacial score (nSPS) is 14.7. The average molecular weight is 348 g/mol. The van der Waals surface area contributed by atoms with Gasteiger partial charge in [-0.3, -0.25) is 5.10 Å². The number of carbonyl (C=O) groups excluding carboxylic acids is 1. The van der Waals surface area contributed by atoms with Crippen LogP contribution in [0.2, 0.25) is 0 Å². The number of fused-ring (bicyclic) bond motifs is 1. The standard InChI is InChI=1S/C18H16N6O2/c1-2-26-17(25)16-12-3-6-18(9-13(12)23-24-16,14-4-7-19-10-21-14)15-5-8-20-11-22-15/h3-8,10-11H,2,9H2,1H3,(H,23,24). The van der Waals surface area contributed by atoms with Crippen LogP contribution in [-0.2, 0) is 16.6 Å². The highest BCUT2D eigenvalue weighted by atomic mass is 16.5. The van der Waals surface area contributed by atoms with Crippen molar-refractivity contribution in [3.63, 3.8) is 0 Å². The van der Waals surface area contributed by atoms with Crippen molar-refractivity contribution in [1.29, 1.82) is 0 Å². The highest BCUT2D eigenvalue weighted by molar-refractivity contribution is 5.92. The number of allylic oxidation sites excluding steroid dienone is 1. The van der Waals surface area contributed by atoms with Crippen molar-refractivity contribution in [3.05, 3.63) is 71.6 Å². The molecule has 0 saturated heterocycles. The molecule has 1 N–H and O–H groups in total. The molecular weight excluding hydrogens is 332 g/mol. The van der Waals surface area contributed by atoms with Crippen LogP contribution in [0.4, 0.5) is 0 Å². The molecule has 0 saturated carbocycles. The van der Waals surface area contributed by atoms with Gasteiger partial charge in [-0.05, 0) is 19.1 Å². The van der Waals surface area contributed by atoms with Gasteiger partial charge in [-0.1, -0.05) is 12.2 Å². The Morgan fingerprint density at radius 3 is 2.46 bits per heavy atom. The number of esters is 1. The van der Waals surface area contributed by atoms with Crippen molar-refractivity contribution < 1.29 is 9.53 Å². The van der Waals surface area contributed by atoms with E-state index in [1.165, 1.54) is 12.7 Å². The first-order valence-electron chi connectivity index (χ1n) is 8.21. The van der Waals surface area contributed by atoms with Crippen LogP contribution < -0.4 is 0 Å². The summed E-state index contributed by atoms with van der Waals surface area (Å²) >= 11 is 0. The molecule has 0 aliphatic heterocycles. The van der Waals surface area contributed by atoms with E-state index in [4.69, 9.17) is 4.74 Å².